The molecule has 2 aromatic heterocycles. The molecular weight excluding hydrogens is 555 g/mol. The Kier molecular flexibility index (Phi) is 8.52. The minimum Gasteiger partial charge on any atom is -0.347 e. The fourth-order valence-corrected chi connectivity index (χ4v) is 6.10. The van der Waals surface area contributed by atoms with Gasteiger partial charge in [-0.1, -0.05) is 24.3 Å². The molecular formula is C27H23FN6O4S2. The van der Waals surface area contributed by atoms with Crippen LogP contribution in [-0.4, -0.2) is 37.2 Å². The molecule has 0 atom stereocenters. The Morgan fingerprint density at radius 2 is 1.73 bits per heavy atom. The summed E-state index contributed by atoms with van der Waals surface area (Å²) in [5.74, 6) is -1.51. The molecule has 0 radical (unpaired) electrons. The lowest BCUT2D eigenvalue weighted by Crippen LogP contribution is -2.30. The van der Waals surface area contributed by atoms with E-state index in [1.54, 1.807) is 36.6 Å². The van der Waals surface area contributed by atoms with Crippen molar-refractivity contribution in [1.82, 2.24) is 20.6 Å². The van der Waals surface area contributed by atoms with Crippen molar-refractivity contribution in [3.63, 3.8) is 0 Å². The molecule has 0 saturated heterocycles. The Morgan fingerprint density at radius 1 is 1.02 bits per heavy atom. The van der Waals surface area contributed by atoms with Gasteiger partial charge in [-0.2, -0.15) is 5.26 Å². The van der Waals surface area contributed by atoms with E-state index in [2.05, 4.69) is 20.6 Å². The van der Waals surface area contributed by atoms with Crippen LogP contribution >= 0.6 is 11.3 Å². The summed E-state index contributed by atoms with van der Waals surface area (Å²) >= 11 is 1.06. The predicted octanol–water partition coefficient (Wildman–Crippen LogP) is 3.54. The summed E-state index contributed by atoms with van der Waals surface area (Å²) in [5.41, 5.74) is 1.95. The first kappa shape index (κ1) is 28.3. The standard InChI is InChI=1S/C27H23FN6O4S2/c1-17-10-19(6-8-21(17)28)14-30-26(35)22-12-23(33-16-32-22)27(36)31-15-20-7-5-18(13-29)11-24(20)34(2)40(37,38)25-4-3-9-39-25/h3-12,16H,14-15H2,1-2H3,(H,30,35)(H,31,36). The number of hydrogen-bond acceptors (Lipinski definition) is 8. The van der Waals surface area contributed by atoms with E-state index in [4.69, 9.17) is 0 Å². The van der Waals surface area contributed by atoms with E-state index in [1.165, 1.54) is 37.4 Å². The Labute approximate surface area is 234 Å². The second kappa shape index (κ2) is 12.0. The van der Waals surface area contributed by atoms with Crippen molar-refractivity contribution < 1.29 is 22.4 Å². The normalized spacial score (nSPS) is 10.9. The fraction of sp³-hybridized carbons (Fsp3) is 0.148. The zero-order valence-corrected chi connectivity index (χ0v) is 23.0. The first-order valence-corrected chi connectivity index (χ1v) is 14.1. The van der Waals surface area contributed by atoms with Crippen LogP contribution in [0, 0.1) is 24.1 Å². The van der Waals surface area contributed by atoms with E-state index in [0.29, 0.717) is 16.7 Å². The third-order valence-electron chi connectivity index (χ3n) is 5.91. The maximum Gasteiger partial charge on any atom is 0.273 e. The van der Waals surface area contributed by atoms with Crippen LogP contribution < -0.4 is 14.9 Å². The number of nitriles is 1. The predicted molar refractivity (Wildman–Crippen MR) is 147 cm³/mol. The van der Waals surface area contributed by atoms with Gasteiger partial charge in [0.15, 0.2) is 0 Å². The van der Waals surface area contributed by atoms with E-state index >= 15 is 0 Å². The molecule has 0 aliphatic rings. The van der Waals surface area contributed by atoms with Crippen LogP contribution in [0.3, 0.4) is 0 Å². The van der Waals surface area contributed by atoms with E-state index < -0.39 is 21.8 Å². The maximum atomic E-state index is 13.5. The molecule has 0 aliphatic carbocycles. The first-order valence-electron chi connectivity index (χ1n) is 11.8. The van der Waals surface area contributed by atoms with Gasteiger partial charge in [0.1, 0.15) is 27.7 Å². The van der Waals surface area contributed by atoms with Crippen LogP contribution in [0.2, 0.25) is 0 Å². The third kappa shape index (κ3) is 6.31. The summed E-state index contributed by atoms with van der Waals surface area (Å²) in [7, 11) is -2.51. The average molecular weight is 579 g/mol. The van der Waals surface area contributed by atoms with Crippen LogP contribution in [-0.2, 0) is 23.1 Å². The lowest BCUT2D eigenvalue weighted by Gasteiger charge is -2.22. The summed E-state index contributed by atoms with van der Waals surface area (Å²) in [6.07, 6.45) is 1.08. The van der Waals surface area contributed by atoms with Crippen molar-refractivity contribution in [3.8, 4) is 6.07 Å². The van der Waals surface area contributed by atoms with Gasteiger partial charge < -0.3 is 10.6 Å². The number of hydrogen-bond donors (Lipinski definition) is 2. The second-order valence-electron chi connectivity index (χ2n) is 8.60. The number of aryl methyl sites for hydroxylation is 1. The molecule has 0 bridgehead atoms. The van der Waals surface area contributed by atoms with E-state index in [0.717, 1.165) is 22.0 Å². The van der Waals surface area contributed by atoms with Gasteiger partial charge >= 0.3 is 0 Å². The van der Waals surface area contributed by atoms with Gasteiger partial charge in [-0.05, 0) is 53.3 Å². The van der Waals surface area contributed by atoms with Gasteiger partial charge in [0.25, 0.3) is 21.8 Å². The van der Waals surface area contributed by atoms with Crippen molar-refractivity contribution >= 4 is 38.9 Å². The van der Waals surface area contributed by atoms with Gasteiger partial charge in [-0.15, -0.1) is 11.3 Å². The maximum absolute atomic E-state index is 13.5. The van der Waals surface area contributed by atoms with Crippen LogP contribution in [0.4, 0.5) is 10.1 Å². The van der Waals surface area contributed by atoms with Crippen molar-refractivity contribution in [2.75, 3.05) is 11.4 Å². The highest BCUT2D eigenvalue weighted by molar-refractivity contribution is 7.94. The highest BCUT2D eigenvalue weighted by Crippen LogP contribution is 2.29. The molecule has 0 aliphatic heterocycles. The second-order valence-corrected chi connectivity index (χ2v) is 11.7. The zero-order chi connectivity index (χ0) is 28.9. The molecule has 4 aromatic rings. The number of nitrogens with zero attached hydrogens (tertiary/aromatic N) is 4. The lowest BCUT2D eigenvalue weighted by atomic mass is 10.1. The number of carbonyl (C=O) groups excluding carboxylic acids is 2. The smallest absolute Gasteiger partial charge is 0.273 e. The minimum absolute atomic E-state index is 0.0418. The Balaban J connectivity index is 1.47. The highest BCUT2D eigenvalue weighted by atomic mass is 32.2. The summed E-state index contributed by atoms with van der Waals surface area (Å²) in [5, 5.41) is 16.3. The number of anilines is 1. The number of halogens is 1. The van der Waals surface area contributed by atoms with Crippen LogP contribution in [0.1, 0.15) is 43.2 Å². The molecule has 0 spiro atoms. The molecule has 2 amide bonds. The molecule has 0 fully saturated rings. The third-order valence-corrected chi connectivity index (χ3v) is 9.06. The molecule has 0 unspecified atom stereocenters. The number of carbonyl (C=O) groups is 2. The van der Waals surface area contributed by atoms with Gasteiger partial charge in [0.2, 0.25) is 0 Å². The summed E-state index contributed by atoms with van der Waals surface area (Å²) < 4.78 is 40.8. The Morgan fingerprint density at radius 3 is 2.35 bits per heavy atom. The van der Waals surface area contributed by atoms with Crippen molar-refractivity contribution in [2.45, 2.75) is 24.2 Å². The van der Waals surface area contributed by atoms with Crippen molar-refractivity contribution in [3.05, 3.63) is 106 Å². The van der Waals surface area contributed by atoms with Crippen LogP contribution in [0.25, 0.3) is 0 Å². The number of nitrogens with one attached hydrogen (secondary N) is 2. The molecule has 10 nitrogen and oxygen atoms in total. The molecule has 40 heavy (non-hydrogen) atoms. The van der Waals surface area contributed by atoms with E-state index in [-0.39, 0.29) is 45.8 Å². The fourth-order valence-electron chi connectivity index (χ4n) is 3.71. The summed E-state index contributed by atoms with van der Waals surface area (Å²) in [4.78, 5) is 33.3. The number of amides is 2. The topological polar surface area (TPSA) is 145 Å². The lowest BCUT2D eigenvalue weighted by molar-refractivity contribution is 0.0944. The number of thiophene rings is 1. The molecule has 0 saturated carbocycles. The van der Waals surface area contributed by atoms with Crippen LogP contribution in [0.5, 0.6) is 0 Å². The Hall–Kier alpha value is -4.67. The number of sulfonamides is 1. The van der Waals surface area contributed by atoms with Gasteiger partial charge in [0.05, 0.1) is 17.3 Å². The monoisotopic (exact) mass is 578 g/mol. The molecule has 13 heteroatoms. The Bertz CT molecular complexity index is 1720. The number of aromatic nitrogens is 2. The molecule has 4 rings (SSSR count). The van der Waals surface area contributed by atoms with Crippen molar-refractivity contribution in [1.29, 1.82) is 5.26 Å². The number of rotatable bonds is 9. The summed E-state index contributed by atoms with van der Waals surface area (Å²) in [6, 6.07) is 15.3. The SMILES string of the molecule is Cc1cc(CNC(=O)c2cc(C(=O)NCc3ccc(C#N)cc3N(C)S(=O)(=O)c3cccs3)ncn2)ccc1F. The van der Waals surface area contributed by atoms with Crippen molar-refractivity contribution in [2.24, 2.45) is 0 Å². The summed E-state index contributed by atoms with van der Waals surface area (Å²) in [6.45, 7) is 1.67. The van der Waals surface area contributed by atoms with E-state index in [1.807, 2.05) is 6.07 Å². The highest BCUT2D eigenvalue weighted by Gasteiger charge is 2.25. The van der Waals surface area contributed by atoms with Crippen LogP contribution in [0.15, 0.2) is 70.5 Å². The van der Waals surface area contributed by atoms with Gasteiger partial charge in [-0.25, -0.2) is 22.8 Å². The zero-order valence-electron chi connectivity index (χ0n) is 21.4. The molecule has 2 heterocycles. The quantitative estimate of drug-likeness (QED) is 0.309. The number of benzene rings is 2. The molecule has 2 aromatic carbocycles. The average Bonchev–Trinajstić information content (AvgIpc) is 3.52. The molecule has 204 valence electrons. The first-order chi connectivity index (χ1) is 19.1. The molecule has 2 N–H and O–H groups in total. The van der Waals surface area contributed by atoms with E-state index in [9.17, 15) is 27.7 Å². The minimum atomic E-state index is -3.89. The largest absolute Gasteiger partial charge is 0.347 e. The van der Waals surface area contributed by atoms with Gasteiger partial charge in [0, 0.05) is 26.2 Å². The van der Waals surface area contributed by atoms with Gasteiger partial charge in [-0.3, -0.25) is 13.9 Å².